The molecule has 0 amide bonds. The fraction of sp³-hybridized carbons (Fsp3) is 0.833. The molecule has 4 bridgehead atoms. The van der Waals surface area contributed by atoms with E-state index in [0.717, 1.165) is 50.6 Å². The summed E-state index contributed by atoms with van der Waals surface area (Å²) in [5, 5.41) is 18.9. The van der Waals surface area contributed by atoms with Gasteiger partial charge in [0.25, 0.3) is 0 Å². The SMILES string of the molecule is CC(NCCCn1cccn1)C12CC3CC(CC(O)(C3)C1)C2. The van der Waals surface area contributed by atoms with Gasteiger partial charge < -0.3 is 10.4 Å². The van der Waals surface area contributed by atoms with Crippen molar-refractivity contribution in [3.63, 3.8) is 0 Å². The number of hydrogen-bond donors (Lipinski definition) is 2. The zero-order valence-corrected chi connectivity index (χ0v) is 13.7. The molecular weight excluding hydrogens is 274 g/mol. The van der Waals surface area contributed by atoms with E-state index in [2.05, 4.69) is 17.3 Å². The summed E-state index contributed by atoms with van der Waals surface area (Å²) in [5.41, 5.74) is 0.0135. The van der Waals surface area contributed by atoms with Crippen LogP contribution in [0, 0.1) is 17.3 Å². The van der Waals surface area contributed by atoms with Crippen molar-refractivity contribution in [2.75, 3.05) is 6.54 Å². The molecule has 2 N–H and O–H groups in total. The van der Waals surface area contributed by atoms with Gasteiger partial charge in [0.05, 0.1) is 5.60 Å². The molecule has 4 aliphatic rings. The molecule has 1 aromatic heterocycles. The maximum Gasteiger partial charge on any atom is 0.0659 e. The fourth-order valence-electron chi connectivity index (χ4n) is 6.00. The maximum absolute atomic E-state index is 10.9. The smallest absolute Gasteiger partial charge is 0.0659 e. The minimum atomic E-state index is -0.338. The number of nitrogens with zero attached hydrogens (tertiary/aromatic N) is 2. The molecule has 4 nitrogen and oxygen atoms in total. The molecule has 3 atom stereocenters. The number of nitrogens with one attached hydrogen (secondary N) is 1. The number of aliphatic hydroxyl groups is 1. The zero-order chi connectivity index (χ0) is 15.2. The van der Waals surface area contributed by atoms with Gasteiger partial charge in [0.2, 0.25) is 0 Å². The van der Waals surface area contributed by atoms with Crippen molar-refractivity contribution in [3.05, 3.63) is 18.5 Å². The lowest BCUT2D eigenvalue weighted by molar-refractivity contribution is -0.171. The molecule has 0 aliphatic heterocycles. The second kappa shape index (κ2) is 5.34. The van der Waals surface area contributed by atoms with Gasteiger partial charge in [0.15, 0.2) is 0 Å². The van der Waals surface area contributed by atoms with Crippen LogP contribution in [-0.4, -0.2) is 33.1 Å². The van der Waals surface area contributed by atoms with Gasteiger partial charge in [0, 0.05) is 25.0 Å². The molecule has 3 unspecified atom stereocenters. The number of aryl methyl sites for hydroxylation is 1. The summed E-state index contributed by atoms with van der Waals surface area (Å²) in [6.07, 6.45) is 12.2. The molecule has 4 saturated carbocycles. The molecule has 5 rings (SSSR count). The Labute approximate surface area is 133 Å². The topological polar surface area (TPSA) is 50.1 Å². The van der Waals surface area contributed by atoms with E-state index in [1.165, 1.54) is 19.3 Å². The molecule has 0 spiro atoms. The lowest BCUT2D eigenvalue weighted by atomic mass is 9.46. The van der Waals surface area contributed by atoms with E-state index < -0.39 is 0 Å². The molecule has 0 aromatic carbocycles. The minimum absolute atomic E-state index is 0.338. The molecule has 4 heteroatoms. The number of hydrogen-bond acceptors (Lipinski definition) is 3. The first-order chi connectivity index (χ1) is 10.6. The molecule has 4 fully saturated rings. The summed E-state index contributed by atoms with van der Waals surface area (Å²) in [5.74, 6) is 1.55. The van der Waals surface area contributed by atoms with Crippen molar-refractivity contribution >= 4 is 0 Å². The Kier molecular flexibility index (Phi) is 3.57. The summed E-state index contributed by atoms with van der Waals surface area (Å²) in [6, 6.07) is 2.49. The van der Waals surface area contributed by atoms with Crippen LogP contribution >= 0.6 is 0 Å². The quantitative estimate of drug-likeness (QED) is 0.794. The Balaban J connectivity index is 1.33. The van der Waals surface area contributed by atoms with E-state index in [4.69, 9.17) is 0 Å². The Morgan fingerprint density at radius 3 is 2.73 bits per heavy atom. The molecule has 1 aromatic rings. The molecule has 0 saturated heterocycles. The van der Waals surface area contributed by atoms with E-state index in [1.54, 1.807) is 0 Å². The van der Waals surface area contributed by atoms with Crippen molar-refractivity contribution < 1.29 is 5.11 Å². The Morgan fingerprint density at radius 1 is 1.32 bits per heavy atom. The second-order valence-corrected chi connectivity index (χ2v) is 8.35. The highest BCUT2D eigenvalue weighted by Crippen LogP contribution is 2.62. The van der Waals surface area contributed by atoms with Gasteiger partial charge in [-0.2, -0.15) is 5.10 Å². The van der Waals surface area contributed by atoms with Gasteiger partial charge in [0.1, 0.15) is 0 Å². The largest absolute Gasteiger partial charge is 0.390 e. The van der Waals surface area contributed by atoms with Crippen LogP contribution in [0.2, 0.25) is 0 Å². The Morgan fingerprint density at radius 2 is 2.09 bits per heavy atom. The van der Waals surface area contributed by atoms with Crippen LogP contribution in [0.4, 0.5) is 0 Å². The molecule has 22 heavy (non-hydrogen) atoms. The highest BCUT2D eigenvalue weighted by Gasteiger charge is 2.58. The highest BCUT2D eigenvalue weighted by molar-refractivity contribution is 5.11. The zero-order valence-electron chi connectivity index (χ0n) is 13.7. The van der Waals surface area contributed by atoms with Gasteiger partial charge in [-0.3, -0.25) is 4.68 Å². The number of rotatable bonds is 6. The van der Waals surface area contributed by atoms with Crippen LogP contribution in [0.25, 0.3) is 0 Å². The third kappa shape index (κ3) is 2.61. The molecule has 1 heterocycles. The molecule has 4 aliphatic carbocycles. The highest BCUT2D eigenvalue weighted by atomic mass is 16.3. The molecule has 122 valence electrons. The Bertz CT molecular complexity index is 498. The van der Waals surface area contributed by atoms with Crippen LogP contribution in [0.5, 0.6) is 0 Å². The van der Waals surface area contributed by atoms with Crippen LogP contribution in [0.1, 0.15) is 51.9 Å². The van der Waals surface area contributed by atoms with Crippen molar-refractivity contribution in [3.8, 4) is 0 Å². The summed E-state index contributed by atoms with van der Waals surface area (Å²) in [4.78, 5) is 0. The molecular formula is C18H29N3O. The first-order valence-electron chi connectivity index (χ1n) is 9.00. The fourth-order valence-corrected chi connectivity index (χ4v) is 6.00. The number of aromatic nitrogens is 2. The van der Waals surface area contributed by atoms with E-state index in [9.17, 15) is 5.11 Å². The van der Waals surface area contributed by atoms with E-state index in [1.807, 2.05) is 23.1 Å². The van der Waals surface area contributed by atoms with E-state index >= 15 is 0 Å². The second-order valence-electron chi connectivity index (χ2n) is 8.35. The van der Waals surface area contributed by atoms with Crippen molar-refractivity contribution in [1.82, 2.24) is 15.1 Å². The van der Waals surface area contributed by atoms with Crippen LogP contribution in [0.3, 0.4) is 0 Å². The first-order valence-corrected chi connectivity index (χ1v) is 9.00. The predicted molar refractivity (Wildman–Crippen MR) is 86.4 cm³/mol. The standard InChI is InChI=1S/C18H29N3O/c1-14(19-4-2-6-21-7-3-5-20-21)17-9-15-8-16(10-17)12-18(22,11-15)13-17/h3,5,7,14-16,19,22H,2,4,6,8-13H2,1H3. The van der Waals surface area contributed by atoms with Crippen molar-refractivity contribution in [2.45, 2.75) is 70.1 Å². The predicted octanol–water partition coefficient (Wildman–Crippen LogP) is 2.58. The van der Waals surface area contributed by atoms with Crippen LogP contribution in [-0.2, 0) is 6.54 Å². The summed E-state index contributed by atoms with van der Waals surface area (Å²) in [7, 11) is 0. The van der Waals surface area contributed by atoms with Crippen molar-refractivity contribution in [1.29, 1.82) is 0 Å². The first kappa shape index (κ1) is 14.7. The third-order valence-corrected chi connectivity index (χ3v) is 6.57. The van der Waals surface area contributed by atoms with E-state index in [0.29, 0.717) is 11.5 Å². The maximum atomic E-state index is 10.9. The normalized spacial score (nSPS) is 41.0. The lowest BCUT2D eigenvalue weighted by Crippen LogP contribution is -2.61. The Hall–Kier alpha value is -0.870. The van der Waals surface area contributed by atoms with E-state index in [-0.39, 0.29) is 5.60 Å². The lowest BCUT2D eigenvalue weighted by Gasteiger charge is -2.62. The molecule has 0 radical (unpaired) electrons. The summed E-state index contributed by atoms with van der Waals surface area (Å²) >= 11 is 0. The van der Waals surface area contributed by atoms with Crippen molar-refractivity contribution in [2.24, 2.45) is 17.3 Å². The third-order valence-electron chi connectivity index (χ3n) is 6.57. The van der Waals surface area contributed by atoms with Gasteiger partial charge in [-0.25, -0.2) is 0 Å². The minimum Gasteiger partial charge on any atom is -0.390 e. The summed E-state index contributed by atoms with van der Waals surface area (Å²) < 4.78 is 2.00. The monoisotopic (exact) mass is 303 g/mol. The average Bonchev–Trinajstić information content (AvgIpc) is 2.93. The van der Waals surface area contributed by atoms with Crippen LogP contribution in [0.15, 0.2) is 18.5 Å². The van der Waals surface area contributed by atoms with Gasteiger partial charge in [-0.1, -0.05) is 0 Å². The summed E-state index contributed by atoms with van der Waals surface area (Å²) in [6.45, 7) is 4.37. The van der Waals surface area contributed by atoms with Gasteiger partial charge >= 0.3 is 0 Å². The van der Waals surface area contributed by atoms with Gasteiger partial charge in [-0.05, 0) is 81.7 Å². The van der Waals surface area contributed by atoms with Gasteiger partial charge in [-0.15, -0.1) is 0 Å². The average molecular weight is 303 g/mol. The van der Waals surface area contributed by atoms with Crippen LogP contribution < -0.4 is 5.32 Å².